The first kappa shape index (κ1) is 15.9. The molecule has 0 saturated heterocycles. The van der Waals surface area contributed by atoms with Crippen LogP contribution in [0.5, 0.6) is 11.5 Å². The SMILES string of the molecule is COc1cccc(Cn2c(=O)c3c(ncn3C)n(C)c2=O)c1OC. The van der Waals surface area contributed by atoms with Gasteiger partial charge < -0.3 is 14.0 Å². The third-order valence-electron chi connectivity index (χ3n) is 4.01. The number of aryl methyl sites for hydroxylation is 2. The van der Waals surface area contributed by atoms with Crippen molar-refractivity contribution in [1.29, 1.82) is 0 Å². The van der Waals surface area contributed by atoms with E-state index in [1.54, 1.807) is 36.9 Å². The maximum atomic E-state index is 12.8. The first-order valence-corrected chi connectivity index (χ1v) is 7.30. The molecule has 3 aromatic rings. The molecule has 0 aliphatic carbocycles. The van der Waals surface area contributed by atoms with Gasteiger partial charge in [0.25, 0.3) is 5.56 Å². The highest BCUT2D eigenvalue weighted by atomic mass is 16.5. The highest BCUT2D eigenvalue weighted by molar-refractivity contribution is 5.69. The quantitative estimate of drug-likeness (QED) is 0.696. The molecule has 8 heteroatoms. The van der Waals surface area contributed by atoms with E-state index in [9.17, 15) is 9.59 Å². The fraction of sp³-hybridized carbons (Fsp3) is 0.312. The lowest BCUT2D eigenvalue weighted by Crippen LogP contribution is -2.39. The minimum absolute atomic E-state index is 0.0764. The van der Waals surface area contributed by atoms with Crippen molar-refractivity contribution in [3.63, 3.8) is 0 Å². The van der Waals surface area contributed by atoms with Gasteiger partial charge in [-0.1, -0.05) is 12.1 Å². The van der Waals surface area contributed by atoms with Crippen LogP contribution < -0.4 is 20.7 Å². The van der Waals surface area contributed by atoms with E-state index in [-0.39, 0.29) is 6.54 Å². The average Bonchev–Trinajstić information content (AvgIpc) is 2.98. The van der Waals surface area contributed by atoms with Crippen LogP contribution in [0.2, 0.25) is 0 Å². The van der Waals surface area contributed by atoms with Crippen molar-refractivity contribution in [2.75, 3.05) is 14.2 Å². The molecule has 3 rings (SSSR count). The summed E-state index contributed by atoms with van der Waals surface area (Å²) in [5.74, 6) is 1.04. The second-order valence-corrected chi connectivity index (χ2v) is 5.41. The standard InChI is InChI=1S/C16H18N4O4/c1-18-9-17-14-12(18)15(21)20(16(22)19(14)2)8-10-6-5-7-11(23-3)13(10)24-4/h5-7,9H,8H2,1-4H3. The van der Waals surface area contributed by atoms with Crippen molar-refractivity contribution in [3.05, 3.63) is 50.9 Å². The van der Waals surface area contributed by atoms with Crippen LogP contribution in [-0.2, 0) is 20.6 Å². The summed E-state index contributed by atoms with van der Waals surface area (Å²) in [6, 6.07) is 5.34. The number of para-hydroxylation sites is 1. The van der Waals surface area contributed by atoms with Gasteiger partial charge in [-0.2, -0.15) is 0 Å². The molecule has 0 atom stereocenters. The molecule has 0 unspecified atom stereocenters. The van der Waals surface area contributed by atoms with Crippen LogP contribution in [0.3, 0.4) is 0 Å². The molecule has 0 radical (unpaired) electrons. The monoisotopic (exact) mass is 330 g/mol. The molecule has 0 aliphatic rings. The molecule has 2 aromatic heterocycles. The number of nitrogens with zero attached hydrogens (tertiary/aromatic N) is 4. The van der Waals surface area contributed by atoms with Gasteiger partial charge in [0.05, 0.1) is 27.1 Å². The van der Waals surface area contributed by atoms with Gasteiger partial charge in [0.15, 0.2) is 22.7 Å². The fourth-order valence-electron chi connectivity index (χ4n) is 2.78. The van der Waals surface area contributed by atoms with Crippen LogP contribution in [0.1, 0.15) is 5.56 Å². The van der Waals surface area contributed by atoms with Crippen LogP contribution in [0.15, 0.2) is 34.1 Å². The molecule has 8 nitrogen and oxygen atoms in total. The normalized spacial score (nSPS) is 11.0. The number of rotatable bonds is 4. The van der Waals surface area contributed by atoms with E-state index in [1.165, 1.54) is 29.7 Å². The summed E-state index contributed by atoms with van der Waals surface area (Å²) in [5.41, 5.74) is 0.590. The third kappa shape index (κ3) is 2.27. The van der Waals surface area contributed by atoms with Crippen LogP contribution in [-0.4, -0.2) is 32.9 Å². The number of hydrogen-bond donors (Lipinski definition) is 0. The van der Waals surface area contributed by atoms with Crippen LogP contribution >= 0.6 is 0 Å². The first-order valence-electron chi connectivity index (χ1n) is 7.30. The van der Waals surface area contributed by atoms with E-state index in [2.05, 4.69) is 4.98 Å². The molecule has 0 bridgehead atoms. The van der Waals surface area contributed by atoms with Crippen molar-refractivity contribution in [2.45, 2.75) is 6.54 Å². The molecule has 0 amide bonds. The fourth-order valence-corrected chi connectivity index (χ4v) is 2.78. The molecule has 1 aromatic carbocycles. The lowest BCUT2D eigenvalue weighted by atomic mass is 10.2. The van der Waals surface area contributed by atoms with Gasteiger partial charge >= 0.3 is 5.69 Å². The van der Waals surface area contributed by atoms with Gasteiger partial charge in [-0.05, 0) is 6.07 Å². The van der Waals surface area contributed by atoms with E-state index in [0.717, 1.165) is 0 Å². The van der Waals surface area contributed by atoms with Gasteiger partial charge in [0.1, 0.15) is 0 Å². The average molecular weight is 330 g/mol. The predicted octanol–water partition coefficient (Wildman–Crippen LogP) is 0.499. The molecule has 0 spiro atoms. The molecule has 0 aliphatic heterocycles. The van der Waals surface area contributed by atoms with Crippen molar-refractivity contribution in [3.8, 4) is 11.5 Å². The molecule has 24 heavy (non-hydrogen) atoms. The summed E-state index contributed by atoms with van der Waals surface area (Å²) in [5, 5.41) is 0. The number of benzene rings is 1. The Morgan fingerprint density at radius 2 is 1.88 bits per heavy atom. The summed E-state index contributed by atoms with van der Waals surface area (Å²) in [6.07, 6.45) is 1.52. The van der Waals surface area contributed by atoms with Gasteiger partial charge in [0, 0.05) is 19.7 Å². The Bertz CT molecular complexity index is 1030. The largest absolute Gasteiger partial charge is 0.493 e. The Kier molecular flexibility index (Phi) is 3.88. The lowest BCUT2D eigenvalue weighted by molar-refractivity contribution is 0.350. The van der Waals surface area contributed by atoms with E-state index in [4.69, 9.17) is 9.47 Å². The lowest BCUT2D eigenvalue weighted by Gasteiger charge is -2.14. The Morgan fingerprint density at radius 3 is 2.54 bits per heavy atom. The number of ether oxygens (including phenoxy) is 2. The third-order valence-corrected chi connectivity index (χ3v) is 4.01. The Labute approximate surface area is 137 Å². The summed E-state index contributed by atoms with van der Waals surface area (Å²) >= 11 is 0. The second-order valence-electron chi connectivity index (χ2n) is 5.41. The van der Waals surface area contributed by atoms with Gasteiger partial charge in [-0.15, -0.1) is 0 Å². The zero-order valence-corrected chi connectivity index (χ0v) is 13.9. The van der Waals surface area contributed by atoms with Crippen LogP contribution in [0, 0.1) is 0 Å². The number of aromatic nitrogens is 4. The molecule has 0 fully saturated rings. The Hall–Kier alpha value is -3.03. The summed E-state index contributed by atoms with van der Waals surface area (Å²) in [7, 11) is 6.37. The zero-order chi connectivity index (χ0) is 17.4. The van der Waals surface area contributed by atoms with Gasteiger partial charge in [-0.25, -0.2) is 9.78 Å². The van der Waals surface area contributed by atoms with E-state index in [0.29, 0.717) is 28.2 Å². The summed E-state index contributed by atoms with van der Waals surface area (Å²) in [4.78, 5) is 29.5. The van der Waals surface area contributed by atoms with Crippen LogP contribution in [0.4, 0.5) is 0 Å². The van der Waals surface area contributed by atoms with E-state index < -0.39 is 11.2 Å². The smallest absolute Gasteiger partial charge is 0.332 e. The Morgan fingerprint density at radius 1 is 1.12 bits per heavy atom. The van der Waals surface area contributed by atoms with E-state index in [1.807, 2.05) is 0 Å². The van der Waals surface area contributed by atoms with E-state index >= 15 is 0 Å². The zero-order valence-electron chi connectivity index (χ0n) is 13.9. The highest BCUT2D eigenvalue weighted by Crippen LogP contribution is 2.30. The first-order chi connectivity index (χ1) is 11.5. The maximum absolute atomic E-state index is 12.8. The Balaban J connectivity index is 2.24. The maximum Gasteiger partial charge on any atom is 0.332 e. The number of imidazole rings is 1. The molecule has 0 saturated carbocycles. The van der Waals surface area contributed by atoms with Crippen molar-refractivity contribution < 1.29 is 9.47 Å². The predicted molar refractivity (Wildman–Crippen MR) is 88.9 cm³/mol. The van der Waals surface area contributed by atoms with Crippen molar-refractivity contribution in [2.24, 2.45) is 14.1 Å². The molecule has 0 N–H and O–H groups in total. The molecule has 2 heterocycles. The number of fused-ring (bicyclic) bond motifs is 1. The van der Waals surface area contributed by atoms with Gasteiger partial charge in [0.2, 0.25) is 0 Å². The van der Waals surface area contributed by atoms with Crippen molar-refractivity contribution in [1.82, 2.24) is 18.7 Å². The minimum atomic E-state index is -0.434. The highest BCUT2D eigenvalue weighted by Gasteiger charge is 2.17. The van der Waals surface area contributed by atoms with Crippen molar-refractivity contribution >= 4 is 11.2 Å². The molecular weight excluding hydrogens is 312 g/mol. The summed E-state index contributed by atoms with van der Waals surface area (Å²) in [6.45, 7) is 0.0764. The molecule has 126 valence electrons. The van der Waals surface area contributed by atoms with Gasteiger partial charge in [-0.3, -0.25) is 13.9 Å². The van der Waals surface area contributed by atoms with Crippen LogP contribution in [0.25, 0.3) is 11.2 Å². The molecular formula is C16H18N4O4. The topological polar surface area (TPSA) is 80.3 Å². The minimum Gasteiger partial charge on any atom is -0.493 e. The second kappa shape index (κ2) is 5.88. The number of hydrogen-bond acceptors (Lipinski definition) is 5. The summed E-state index contributed by atoms with van der Waals surface area (Å²) < 4.78 is 14.8. The number of methoxy groups -OCH3 is 2.